The molecule has 0 atom stereocenters. The number of methoxy groups -OCH3 is 1. The van der Waals surface area contributed by atoms with Crippen LogP contribution in [0.4, 0.5) is 11.5 Å². The number of thiophene rings is 1. The van der Waals surface area contributed by atoms with Crippen molar-refractivity contribution in [3.05, 3.63) is 70.6 Å². The number of nitrogens with one attached hydrogen (secondary N) is 3. The van der Waals surface area contributed by atoms with E-state index in [9.17, 15) is 9.59 Å². The first-order valence-corrected chi connectivity index (χ1v) is 13.0. The number of carbonyl (C=O) groups is 2. The molecule has 9 nitrogen and oxygen atoms in total. The first-order chi connectivity index (χ1) is 18.0. The zero-order chi connectivity index (χ0) is 25.8. The number of hydrogen-bond acceptors (Lipinski definition) is 7. The first-order valence-electron chi connectivity index (χ1n) is 12.2. The molecule has 0 bridgehead atoms. The average molecular weight is 519 g/mol. The Morgan fingerprint density at radius 1 is 1.08 bits per heavy atom. The molecule has 1 saturated heterocycles. The zero-order valence-electron chi connectivity index (χ0n) is 20.9. The number of piperazine rings is 1. The molecule has 4 aromatic rings. The minimum absolute atomic E-state index is 0.0928. The van der Waals surface area contributed by atoms with E-state index in [1.165, 1.54) is 11.3 Å². The summed E-state index contributed by atoms with van der Waals surface area (Å²) in [5, 5.41) is 13.9. The number of rotatable bonds is 8. The maximum absolute atomic E-state index is 12.9. The molecule has 0 aliphatic carbocycles. The number of ether oxygens (including phenoxy) is 1. The molecule has 0 saturated carbocycles. The number of aromatic amines is 1. The van der Waals surface area contributed by atoms with Gasteiger partial charge in [-0.1, -0.05) is 18.2 Å². The summed E-state index contributed by atoms with van der Waals surface area (Å²) in [6.07, 6.45) is 0.233. The van der Waals surface area contributed by atoms with Gasteiger partial charge < -0.3 is 25.2 Å². The number of hydrogen-bond donors (Lipinski definition) is 3. The summed E-state index contributed by atoms with van der Waals surface area (Å²) in [7, 11) is 3.74. The van der Waals surface area contributed by atoms with Crippen LogP contribution in [0.25, 0.3) is 10.2 Å². The van der Waals surface area contributed by atoms with Crippen LogP contribution in [0.1, 0.15) is 20.8 Å². The first kappa shape index (κ1) is 24.8. The molecule has 2 amide bonds. The quantitative estimate of drug-likeness (QED) is 0.330. The number of H-pyrrole nitrogens is 1. The van der Waals surface area contributed by atoms with E-state index in [1.54, 1.807) is 7.11 Å². The van der Waals surface area contributed by atoms with E-state index in [4.69, 9.17) is 4.74 Å². The Kier molecular flexibility index (Phi) is 7.38. The summed E-state index contributed by atoms with van der Waals surface area (Å²) in [4.78, 5) is 31.7. The second-order valence-electron chi connectivity index (χ2n) is 9.09. The number of anilines is 2. The highest BCUT2D eigenvalue weighted by molar-refractivity contribution is 7.18. The van der Waals surface area contributed by atoms with Crippen LogP contribution in [-0.2, 0) is 17.8 Å². The molecule has 0 radical (unpaired) electrons. The van der Waals surface area contributed by atoms with Gasteiger partial charge >= 0.3 is 0 Å². The van der Waals surface area contributed by atoms with Crippen LogP contribution in [-0.4, -0.2) is 67.2 Å². The Balaban J connectivity index is 1.19. The molecule has 192 valence electrons. The highest BCUT2D eigenvalue weighted by Crippen LogP contribution is 2.30. The van der Waals surface area contributed by atoms with Crippen molar-refractivity contribution in [2.75, 3.05) is 50.6 Å². The summed E-state index contributed by atoms with van der Waals surface area (Å²) in [5.41, 5.74) is 2.62. The largest absolute Gasteiger partial charge is 0.496 e. The van der Waals surface area contributed by atoms with Crippen molar-refractivity contribution in [3.63, 3.8) is 0 Å². The predicted octanol–water partition coefficient (Wildman–Crippen LogP) is 3.50. The van der Waals surface area contributed by atoms with Gasteiger partial charge in [0.1, 0.15) is 16.4 Å². The van der Waals surface area contributed by atoms with Crippen molar-refractivity contribution >= 4 is 44.9 Å². The Hall–Kier alpha value is -3.89. The van der Waals surface area contributed by atoms with Crippen LogP contribution in [0.5, 0.6) is 5.75 Å². The van der Waals surface area contributed by atoms with E-state index >= 15 is 0 Å². The predicted molar refractivity (Wildman–Crippen MR) is 147 cm³/mol. The fraction of sp³-hybridized carbons (Fsp3) is 0.296. The fourth-order valence-electron chi connectivity index (χ4n) is 4.38. The average Bonchev–Trinajstić information content (AvgIpc) is 3.49. The minimum atomic E-state index is -0.210. The molecular formula is C27H30N6O3S. The van der Waals surface area contributed by atoms with Gasteiger partial charge in [-0.15, -0.1) is 11.3 Å². The topological polar surface area (TPSA) is 103 Å². The normalized spacial score (nSPS) is 14.1. The molecule has 1 aliphatic heterocycles. The van der Waals surface area contributed by atoms with E-state index in [0.717, 1.165) is 58.3 Å². The molecule has 2 aromatic heterocycles. The van der Waals surface area contributed by atoms with Gasteiger partial charge in [0.05, 0.1) is 18.9 Å². The zero-order valence-corrected chi connectivity index (χ0v) is 21.7. The molecule has 2 aromatic carbocycles. The third-order valence-electron chi connectivity index (χ3n) is 6.54. The van der Waals surface area contributed by atoms with Crippen molar-refractivity contribution in [2.45, 2.75) is 13.0 Å². The molecule has 3 N–H and O–H groups in total. The summed E-state index contributed by atoms with van der Waals surface area (Å²) >= 11 is 1.43. The van der Waals surface area contributed by atoms with Gasteiger partial charge in [0.25, 0.3) is 5.91 Å². The van der Waals surface area contributed by atoms with E-state index in [0.29, 0.717) is 17.9 Å². The van der Waals surface area contributed by atoms with E-state index in [1.807, 2.05) is 54.6 Å². The molecule has 0 spiro atoms. The van der Waals surface area contributed by atoms with Gasteiger partial charge in [0, 0.05) is 54.4 Å². The molecular weight excluding hydrogens is 488 g/mol. The number of aromatic nitrogens is 2. The lowest BCUT2D eigenvalue weighted by Crippen LogP contribution is -2.44. The maximum atomic E-state index is 12.9. The number of likely N-dealkylation sites (N-methyl/N-ethyl adjacent to an activating group) is 1. The molecule has 1 fully saturated rings. The summed E-state index contributed by atoms with van der Waals surface area (Å²) < 4.78 is 5.34. The molecule has 10 heteroatoms. The molecule has 5 rings (SSSR count). The maximum Gasteiger partial charge on any atom is 0.256 e. The van der Waals surface area contributed by atoms with Crippen molar-refractivity contribution in [2.24, 2.45) is 0 Å². The number of carbonyl (C=O) groups excluding carboxylic acids is 2. The van der Waals surface area contributed by atoms with Gasteiger partial charge in [-0.05, 0) is 43.4 Å². The minimum Gasteiger partial charge on any atom is -0.496 e. The standard InChI is InChI=1S/C27H30N6O3S/c1-32-11-13-33(14-12-32)20-9-7-18(8-10-20)26(35)29-25-22-15-21(37-27(22)31-30-25)16-24(34)28-17-19-5-3-4-6-23(19)36-2/h3-10,15H,11-14,16-17H2,1-2H3,(H,28,34)(H2,29,30,31,35). The third kappa shape index (κ3) is 5.76. The van der Waals surface area contributed by atoms with Crippen molar-refractivity contribution in [3.8, 4) is 5.75 Å². The summed E-state index contributed by atoms with van der Waals surface area (Å²) in [5.74, 6) is 0.967. The lowest BCUT2D eigenvalue weighted by molar-refractivity contribution is -0.120. The van der Waals surface area contributed by atoms with Crippen LogP contribution >= 0.6 is 11.3 Å². The van der Waals surface area contributed by atoms with Crippen LogP contribution in [0.2, 0.25) is 0 Å². The van der Waals surface area contributed by atoms with Crippen LogP contribution in [0.15, 0.2) is 54.6 Å². The second kappa shape index (κ2) is 11.0. The number of fused-ring (bicyclic) bond motifs is 1. The second-order valence-corrected chi connectivity index (χ2v) is 10.2. The van der Waals surface area contributed by atoms with Crippen molar-refractivity contribution < 1.29 is 14.3 Å². The Morgan fingerprint density at radius 3 is 2.59 bits per heavy atom. The van der Waals surface area contributed by atoms with E-state index < -0.39 is 0 Å². The SMILES string of the molecule is COc1ccccc1CNC(=O)Cc1cc2c(NC(=O)c3ccc(N4CCN(C)CC4)cc3)[nH]nc2s1. The molecule has 37 heavy (non-hydrogen) atoms. The van der Waals surface area contributed by atoms with Crippen LogP contribution < -0.4 is 20.3 Å². The molecule has 3 heterocycles. The number of amides is 2. The Labute approximate surface area is 219 Å². The Bertz CT molecular complexity index is 1390. The van der Waals surface area contributed by atoms with Gasteiger partial charge in [0.2, 0.25) is 5.91 Å². The van der Waals surface area contributed by atoms with E-state index in [2.05, 4.69) is 37.7 Å². The molecule has 0 unspecified atom stereocenters. The monoisotopic (exact) mass is 518 g/mol. The highest BCUT2D eigenvalue weighted by Gasteiger charge is 2.17. The van der Waals surface area contributed by atoms with E-state index in [-0.39, 0.29) is 18.2 Å². The van der Waals surface area contributed by atoms with Gasteiger partial charge in [-0.25, -0.2) is 0 Å². The number of nitrogens with zero attached hydrogens (tertiary/aromatic N) is 3. The lowest BCUT2D eigenvalue weighted by atomic mass is 10.1. The number of benzene rings is 2. The Morgan fingerprint density at radius 2 is 1.84 bits per heavy atom. The third-order valence-corrected chi connectivity index (χ3v) is 7.57. The van der Waals surface area contributed by atoms with Gasteiger partial charge in [-0.2, -0.15) is 5.10 Å². The van der Waals surface area contributed by atoms with Gasteiger partial charge in [-0.3, -0.25) is 14.7 Å². The summed E-state index contributed by atoms with van der Waals surface area (Å²) in [6, 6.07) is 17.2. The van der Waals surface area contributed by atoms with Crippen LogP contribution in [0.3, 0.4) is 0 Å². The van der Waals surface area contributed by atoms with Crippen molar-refractivity contribution in [1.29, 1.82) is 0 Å². The smallest absolute Gasteiger partial charge is 0.256 e. The van der Waals surface area contributed by atoms with Crippen molar-refractivity contribution in [1.82, 2.24) is 20.4 Å². The number of para-hydroxylation sites is 1. The highest BCUT2D eigenvalue weighted by atomic mass is 32.1. The lowest BCUT2D eigenvalue weighted by Gasteiger charge is -2.34. The molecule has 1 aliphatic rings. The van der Waals surface area contributed by atoms with Gasteiger partial charge in [0.15, 0.2) is 0 Å². The van der Waals surface area contributed by atoms with Crippen LogP contribution in [0, 0.1) is 0 Å². The summed E-state index contributed by atoms with van der Waals surface area (Å²) in [6.45, 7) is 4.41. The fourth-order valence-corrected chi connectivity index (χ4v) is 5.37.